The fourth-order valence-corrected chi connectivity index (χ4v) is 5.24. The summed E-state index contributed by atoms with van der Waals surface area (Å²) in [6.45, 7) is 16.0. The second-order valence-electron chi connectivity index (χ2n) is 13.6. The van der Waals surface area contributed by atoms with Crippen LogP contribution in [-0.2, 0) is 29.2 Å². The summed E-state index contributed by atoms with van der Waals surface area (Å²) in [6, 6.07) is -4.04. The highest BCUT2D eigenvalue weighted by Crippen LogP contribution is 2.26. The number of rotatable bonds is 17. The summed E-state index contributed by atoms with van der Waals surface area (Å²) in [6.07, 6.45) is 8.92. The van der Waals surface area contributed by atoms with E-state index in [9.17, 15) is 32.4 Å². The molecule has 0 saturated carbocycles. The van der Waals surface area contributed by atoms with Crippen molar-refractivity contribution in [3.8, 4) is 12.3 Å². The van der Waals surface area contributed by atoms with Crippen molar-refractivity contribution in [2.45, 2.75) is 91.4 Å². The fraction of sp³-hybridized carbons (Fsp3) is 0.710. The van der Waals surface area contributed by atoms with E-state index in [4.69, 9.17) is 6.42 Å². The number of sulfonamides is 1. The van der Waals surface area contributed by atoms with Crippen molar-refractivity contribution < 1.29 is 32.4 Å². The maximum atomic E-state index is 13.9. The second-order valence-corrected chi connectivity index (χ2v) is 15.4. The van der Waals surface area contributed by atoms with Crippen molar-refractivity contribution in [1.29, 1.82) is 0 Å². The minimum absolute atomic E-state index is 0.0492. The Bertz CT molecular complexity index is 1250. The minimum Gasteiger partial charge on any atom is -0.346 e. The van der Waals surface area contributed by atoms with E-state index >= 15 is 0 Å². The monoisotopic (exact) mass is 667 g/mol. The molecule has 0 aromatic heterocycles. The number of hydrogen-bond acceptors (Lipinski definition) is 8. The molecule has 0 aromatic carbocycles. The molecule has 15 heteroatoms. The molecule has 1 aliphatic heterocycles. The van der Waals surface area contributed by atoms with Crippen molar-refractivity contribution in [1.82, 2.24) is 36.2 Å². The zero-order chi connectivity index (χ0) is 35.3. The zero-order valence-corrected chi connectivity index (χ0v) is 29.1. The molecule has 46 heavy (non-hydrogen) atoms. The number of nitrogens with zero attached hydrogens (tertiary/aromatic N) is 1. The van der Waals surface area contributed by atoms with Gasteiger partial charge in [0.25, 0.3) is 5.91 Å². The number of carbonyl (C=O) groups is 5. The average Bonchev–Trinajstić information content (AvgIpc) is 3.43. The first-order valence-corrected chi connectivity index (χ1v) is 17.3. The summed E-state index contributed by atoms with van der Waals surface area (Å²) in [7, 11) is -3.32. The quantitative estimate of drug-likeness (QED) is 0.0540. The van der Waals surface area contributed by atoms with E-state index in [2.05, 4.69) is 43.8 Å². The van der Waals surface area contributed by atoms with Gasteiger partial charge < -0.3 is 31.5 Å². The number of amides is 5. The third-order valence-electron chi connectivity index (χ3n) is 7.43. The number of Topliss-reactive ketones (excluding diaryl/α,β-unsaturated/α-hetero) is 1. The standard InChI is InChI=1S/C31H53N7O7S/c1-10-12-14-21(24(39)27(41)33-16-11-2)35-26(40)22-15-13-19-38(22)28(42)25(31(6,7)8)37-29(43)36-23(30(3,4)5)20-32-17-18-34-46(9,44)45/h1,11,21-23,25,32,34H,2,12-20H2,3-9H3,(H,33,41)(H,35,40)(H2,36,37,43)/t21?,22-,23+,25+/m0/s1. The number of urea groups is 1. The molecule has 6 N–H and O–H groups in total. The van der Waals surface area contributed by atoms with Gasteiger partial charge in [-0.25, -0.2) is 17.9 Å². The maximum absolute atomic E-state index is 13.9. The SMILES string of the molecule is C#CCCC(NC(=O)[C@@H]1CCCN1C(=O)[C@@H](NC(=O)N[C@H](CNCCNS(C)(=O)=O)C(C)(C)C)C(C)(C)C)C(=O)C(=O)NCC=C. The van der Waals surface area contributed by atoms with Gasteiger partial charge in [0.1, 0.15) is 12.1 Å². The van der Waals surface area contributed by atoms with Gasteiger partial charge >= 0.3 is 6.03 Å². The van der Waals surface area contributed by atoms with Crippen LogP contribution < -0.4 is 31.3 Å². The van der Waals surface area contributed by atoms with E-state index in [1.165, 1.54) is 11.0 Å². The van der Waals surface area contributed by atoms with E-state index in [0.717, 1.165) is 6.26 Å². The van der Waals surface area contributed by atoms with Crippen LogP contribution in [-0.4, -0.2) is 106 Å². The molecule has 14 nitrogen and oxygen atoms in total. The van der Waals surface area contributed by atoms with Crippen molar-refractivity contribution in [3.05, 3.63) is 12.7 Å². The molecule has 0 radical (unpaired) electrons. The van der Waals surface area contributed by atoms with Gasteiger partial charge in [0.2, 0.25) is 27.6 Å². The molecule has 0 aliphatic carbocycles. The lowest BCUT2D eigenvalue weighted by Gasteiger charge is -2.37. The molecule has 4 atom stereocenters. The van der Waals surface area contributed by atoms with E-state index in [0.29, 0.717) is 25.9 Å². The summed E-state index contributed by atoms with van der Waals surface area (Å²) in [5, 5.41) is 13.9. The summed E-state index contributed by atoms with van der Waals surface area (Å²) in [4.78, 5) is 67.1. The topological polar surface area (TPSA) is 195 Å². The third kappa shape index (κ3) is 13.9. The average molecular weight is 668 g/mol. The first-order valence-electron chi connectivity index (χ1n) is 15.4. The molecule has 1 heterocycles. The van der Waals surface area contributed by atoms with Crippen LogP contribution in [0.4, 0.5) is 4.79 Å². The van der Waals surface area contributed by atoms with E-state index in [1.807, 2.05) is 20.8 Å². The molecule has 0 spiro atoms. The van der Waals surface area contributed by atoms with Crippen molar-refractivity contribution in [2.24, 2.45) is 10.8 Å². The molecule has 1 unspecified atom stereocenters. The molecular formula is C31H53N7O7S. The zero-order valence-electron chi connectivity index (χ0n) is 28.2. The summed E-state index contributed by atoms with van der Waals surface area (Å²) >= 11 is 0. The number of likely N-dealkylation sites (tertiary alicyclic amines) is 1. The Balaban J connectivity index is 3.04. The lowest BCUT2D eigenvalue weighted by Crippen LogP contribution is -2.61. The van der Waals surface area contributed by atoms with Crippen LogP contribution in [0.2, 0.25) is 0 Å². The number of carbonyl (C=O) groups excluding carboxylic acids is 5. The predicted molar refractivity (Wildman–Crippen MR) is 177 cm³/mol. The Kier molecular flexibility index (Phi) is 15.9. The Morgan fingerprint density at radius 1 is 1.02 bits per heavy atom. The molecule has 1 fully saturated rings. The Hall–Kier alpha value is -3.48. The smallest absolute Gasteiger partial charge is 0.315 e. The van der Waals surface area contributed by atoms with Gasteiger partial charge in [0.15, 0.2) is 0 Å². The second kappa shape index (κ2) is 18.0. The van der Waals surface area contributed by atoms with Gasteiger partial charge in [-0.05, 0) is 30.1 Å². The molecule has 1 aliphatic rings. The maximum Gasteiger partial charge on any atom is 0.315 e. The molecule has 1 saturated heterocycles. The summed E-state index contributed by atoms with van der Waals surface area (Å²) < 4.78 is 25.0. The Morgan fingerprint density at radius 3 is 2.22 bits per heavy atom. The van der Waals surface area contributed by atoms with Gasteiger partial charge in [0.05, 0.1) is 12.3 Å². The van der Waals surface area contributed by atoms with Gasteiger partial charge in [-0.3, -0.25) is 19.2 Å². The van der Waals surface area contributed by atoms with Gasteiger partial charge in [-0.15, -0.1) is 18.9 Å². The molecule has 0 bridgehead atoms. The van der Waals surface area contributed by atoms with Crippen LogP contribution in [0.5, 0.6) is 0 Å². The molecular weight excluding hydrogens is 614 g/mol. The van der Waals surface area contributed by atoms with Crippen molar-refractivity contribution >= 4 is 39.6 Å². The van der Waals surface area contributed by atoms with Crippen LogP contribution >= 0.6 is 0 Å². The van der Waals surface area contributed by atoms with Gasteiger partial charge in [-0.2, -0.15) is 0 Å². The van der Waals surface area contributed by atoms with Crippen LogP contribution in [0.25, 0.3) is 0 Å². The van der Waals surface area contributed by atoms with Gasteiger partial charge in [0, 0.05) is 45.2 Å². The Morgan fingerprint density at radius 2 is 1.67 bits per heavy atom. The first kappa shape index (κ1) is 40.5. The molecule has 260 valence electrons. The molecule has 5 amide bonds. The Labute approximate surface area is 274 Å². The number of nitrogens with one attached hydrogen (secondary N) is 6. The van der Waals surface area contributed by atoms with Crippen molar-refractivity contribution in [2.75, 3.05) is 39.0 Å². The van der Waals surface area contributed by atoms with Crippen molar-refractivity contribution in [3.63, 3.8) is 0 Å². The third-order valence-corrected chi connectivity index (χ3v) is 8.16. The normalized spacial score (nSPS) is 17.2. The summed E-state index contributed by atoms with van der Waals surface area (Å²) in [5.74, 6) is -0.348. The van der Waals surface area contributed by atoms with Crippen LogP contribution in [0.3, 0.4) is 0 Å². The molecule has 1 rings (SSSR count). The number of terminal acetylenes is 1. The van der Waals surface area contributed by atoms with E-state index in [-0.39, 0.29) is 43.9 Å². The minimum atomic E-state index is -3.32. The highest BCUT2D eigenvalue weighted by Gasteiger charge is 2.43. The highest BCUT2D eigenvalue weighted by atomic mass is 32.2. The van der Waals surface area contributed by atoms with Gasteiger partial charge in [-0.1, -0.05) is 47.6 Å². The van der Waals surface area contributed by atoms with E-state index in [1.54, 1.807) is 20.8 Å². The lowest BCUT2D eigenvalue weighted by atomic mass is 9.85. The predicted octanol–water partition coefficient (Wildman–Crippen LogP) is 0.0143. The molecule has 0 aromatic rings. The summed E-state index contributed by atoms with van der Waals surface area (Å²) in [5.41, 5.74) is -1.12. The number of hydrogen-bond donors (Lipinski definition) is 6. The highest BCUT2D eigenvalue weighted by molar-refractivity contribution is 7.88. The van der Waals surface area contributed by atoms with Crippen LogP contribution in [0, 0.1) is 23.2 Å². The largest absolute Gasteiger partial charge is 0.346 e. The number of ketones is 1. The first-order chi connectivity index (χ1) is 21.2. The van der Waals surface area contributed by atoms with Crippen LogP contribution in [0.1, 0.15) is 67.2 Å². The van der Waals surface area contributed by atoms with Crippen LogP contribution in [0.15, 0.2) is 12.7 Å². The fourth-order valence-electron chi connectivity index (χ4n) is 4.77. The lowest BCUT2D eigenvalue weighted by molar-refractivity contribution is -0.143. The van der Waals surface area contributed by atoms with E-state index < -0.39 is 63.1 Å².